The number of hydrogen-bond donors (Lipinski definition) is 2. The molecule has 14 heteroatoms. The lowest BCUT2D eigenvalue weighted by molar-refractivity contribution is -0.274. The highest BCUT2D eigenvalue weighted by Crippen LogP contribution is 2.57. The first-order valence-electron chi connectivity index (χ1n) is 11.9. The van der Waals surface area contributed by atoms with Crippen LogP contribution in [0.4, 0.5) is 28.3 Å². The Morgan fingerprint density at radius 1 is 1.32 bits per heavy atom. The van der Waals surface area contributed by atoms with E-state index in [0.29, 0.717) is 25.1 Å². The number of methoxy groups -OCH3 is 1. The number of urea groups is 1. The van der Waals surface area contributed by atoms with E-state index in [1.807, 2.05) is 9.80 Å². The monoisotopic (exact) mass is 526 g/mol. The molecule has 1 spiro atoms. The number of carbonyl (C=O) groups excluding carboxylic acids is 1. The Morgan fingerprint density at radius 2 is 2.11 bits per heavy atom. The second-order valence-electron chi connectivity index (χ2n) is 9.67. The molecule has 2 heterocycles. The number of halogens is 4. The third-order valence-electron chi connectivity index (χ3n) is 7.05. The summed E-state index contributed by atoms with van der Waals surface area (Å²) in [6.45, 7) is 1.11. The Bertz CT molecular complexity index is 1240. The van der Waals surface area contributed by atoms with Crippen LogP contribution in [0.2, 0.25) is 0 Å². The van der Waals surface area contributed by atoms with Crippen LogP contribution in [0.5, 0.6) is 11.8 Å². The minimum Gasteiger partial charge on any atom is -0.467 e. The van der Waals surface area contributed by atoms with Crippen molar-refractivity contribution in [3.63, 3.8) is 0 Å². The van der Waals surface area contributed by atoms with Crippen molar-refractivity contribution < 1.29 is 31.8 Å². The molecule has 10 nitrogen and oxygen atoms in total. The van der Waals surface area contributed by atoms with Crippen LogP contribution in [0.3, 0.4) is 0 Å². The van der Waals surface area contributed by atoms with Gasteiger partial charge in [0, 0.05) is 48.8 Å². The summed E-state index contributed by atoms with van der Waals surface area (Å²) in [6.07, 6.45) is -0.626. The number of anilines is 1. The molecule has 0 radical (unpaired) electrons. The average Bonchev–Trinajstić information content (AvgIpc) is 3.76. The van der Waals surface area contributed by atoms with Crippen molar-refractivity contribution in [1.29, 1.82) is 0 Å². The average molecular weight is 526 g/mol. The van der Waals surface area contributed by atoms with Gasteiger partial charge >= 0.3 is 24.1 Å². The van der Waals surface area contributed by atoms with Gasteiger partial charge < -0.3 is 24.6 Å². The molecule has 0 bridgehead atoms. The van der Waals surface area contributed by atoms with Gasteiger partial charge in [0.25, 0.3) is 0 Å². The van der Waals surface area contributed by atoms with Gasteiger partial charge in [-0.3, -0.25) is 4.98 Å². The van der Waals surface area contributed by atoms with Crippen LogP contribution in [0.1, 0.15) is 37.7 Å². The lowest BCUT2D eigenvalue weighted by atomic mass is 9.94. The number of rotatable bonds is 7. The van der Waals surface area contributed by atoms with Crippen LogP contribution >= 0.6 is 0 Å². The van der Waals surface area contributed by atoms with Crippen LogP contribution in [0.15, 0.2) is 23.0 Å². The topological polar surface area (TPSA) is 113 Å². The Labute approximate surface area is 209 Å². The molecule has 2 aromatic rings. The summed E-state index contributed by atoms with van der Waals surface area (Å²) in [4.78, 5) is 39.4. The van der Waals surface area contributed by atoms with Crippen molar-refractivity contribution in [3.05, 3.63) is 40.1 Å². The second kappa shape index (κ2) is 9.38. The van der Waals surface area contributed by atoms with E-state index in [4.69, 9.17) is 4.74 Å². The first-order chi connectivity index (χ1) is 17.6. The zero-order valence-corrected chi connectivity index (χ0v) is 20.0. The summed E-state index contributed by atoms with van der Waals surface area (Å²) in [5, 5.41) is 2.72. The zero-order valence-electron chi connectivity index (χ0n) is 20.0. The quantitative estimate of drug-likeness (QED) is 0.534. The van der Waals surface area contributed by atoms with Gasteiger partial charge in [0.15, 0.2) is 0 Å². The summed E-state index contributed by atoms with van der Waals surface area (Å²) < 4.78 is 60.2. The molecule has 2 amide bonds. The van der Waals surface area contributed by atoms with Crippen LogP contribution in [-0.2, 0) is 6.54 Å². The van der Waals surface area contributed by atoms with Crippen LogP contribution < -0.4 is 25.4 Å². The van der Waals surface area contributed by atoms with Crippen molar-refractivity contribution >= 4 is 12.0 Å². The normalized spacial score (nSPS) is 23.1. The van der Waals surface area contributed by atoms with E-state index in [9.17, 15) is 27.2 Å². The first kappa shape index (κ1) is 25.1. The molecule has 1 saturated heterocycles. The van der Waals surface area contributed by atoms with Crippen LogP contribution in [0, 0.1) is 11.2 Å². The summed E-state index contributed by atoms with van der Waals surface area (Å²) in [5.74, 6) is -1.19. The van der Waals surface area contributed by atoms with E-state index in [1.165, 1.54) is 7.11 Å². The smallest absolute Gasteiger partial charge is 0.467 e. The van der Waals surface area contributed by atoms with E-state index in [0.717, 1.165) is 44.2 Å². The maximum Gasteiger partial charge on any atom is 0.573 e. The predicted molar refractivity (Wildman–Crippen MR) is 122 cm³/mol. The highest BCUT2D eigenvalue weighted by atomic mass is 19.4. The van der Waals surface area contributed by atoms with E-state index < -0.39 is 23.6 Å². The molecule has 37 heavy (non-hydrogen) atoms. The second-order valence-corrected chi connectivity index (χ2v) is 9.67. The summed E-state index contributed by atoms with van der Waals surface area (Å²) in [5.41, 5.74) is -0.664. The molecule has 1 aromatic heterocycles. The van der Waals surface area contributed by atoms with Crippen molar-refractivity contribution in [1.82, 2.24) is 25.2 Å². The zero-order chi connectivity index (χ0) is 26.4. The molecule has 1 aliphatic heterocycles. The van der Waals surface area contributed by atoms with Crippen molar-refractivity contribution in [2.75, 3.05) is 25.1 Å². The third-order valence-corrected chi connectivity index (χ3v) is 7.05. The Morgan fingerprint density at radius 3 is 2.78 bits per heavy atom. The highest BCUT2D eigenvalue weighted by Gasteiger charge is 2.61. The highest BCUT2D eigenvalue weighted by molar-refractivity contribution is 5.76. The van der Waals surface area contributed by atoms with E-state index >= 15 is 0 Å². The lowest BCUT2D eigenvalue weighted by Crippen LogP contribution is -2.47. The molecule has 1 aromatic carbocycles. The fourth-order valence-corrected chi connectivity index (χ4v) is 5.14. The number of amides is 2. The SMILES string of the molecule is COc1nc(N2CCCC3(CC3N(C(=O)NCc3ccc(OC(F)(F)F)cc3F)C3CC3)C2)[nH]c(=O)n1. The van der Waals surface area contributed by atoms with Crippen LogP contribution in [0.25, 0.3) is 0 Å². The number of aromatic nitrogens is 3. The van der Waals surface area contributed by atoms with E-state index in [1.54, 1.807) is 0 Å². The molecule has 5 rings (SSSR count). The molecule has 2 aliphatic carbocycles. The van der Waals surface area contributed by atoms with Gasteiger partial charge in [-0.2, -0.15) is 4.98 Å². The predicted octanol–water partition coefficient (Wildman–Crippen LogP) is 2.94. The molecule has 2 unspecified atom stereocenters. The first-order valence-corrected chi connectivity index (χ1v) is 11.9. The van der Waals surface area contributed by atoms with E-state index in [2.05, 4.69) is 25.0 Å². The number of piperidine rings is 1. The number of nitrogens with zero attached hydrogens (tertiary/aromatic N) is 4. The number of benzene rings is 1. The largest absolute Gasteiger partial charge is 0.573 e. The number of alkyl halides is 3. The number of nitrogens with one attached hydrogen (secondary N) is 2. The molecule has 2 saturated carbocycles. The van der Waals surface area contributed by atoms with Crippen LogP contribution in [-0.4, -0.2) is 64.5 Å². The van der Waals surface area contributed by atoms with Gasteiger partial charge in [0.1, 0.15) is 11.6 Å². The molecule has 2 atom stereocenters. The fraction of sp³-hybridized carbons (Fsp3) is 0.565. The molecule has 3 aliphatic rings. The summed E-state index contributed by atoms with van der Waals surface area (Å²) in [7, 11) is 1.38. The third kappa shape index (κ3) is 5.57. The van der Waals surface area contributed by atoms with Gasteiger partial charge in [0.05, 0.1) is 7.11 Å². The van der Waals surface area contributed by atoms with Gasteiger partial charge in [-0.05, 0) is 38.2 Å². The van der Waals surface area contributed by atoms with Gasteiger partial charge in [-0.1, -0.05) is 6.07 Å². The summed E-state index contributed by atoms with van der Waals surface area (Å²) in [6, 6.07) is 2.52. The number of aromatic amines is 1. The van der Waals surface area contributed by atoms with Gasteiger partial charge in [0.2, 0.25) is 5.95 Å². The van der Waals surface area contributed by atoms with E-state index in [-0.39, 0.29) is 41.6 Å². The van der Waals surface area contributed by atoms with Crippen molar-refractivity contribution in [2.24, 2.45) is 5.41 Å². The molecular weight excluding hydrogens is 500 g/mol. The Balaban J connectivity index is 1.24. The standard InChI is InChI=1S/C23H26F4N6O4/c1-36-20-30-18(29-19(34)31-20)32-8-2-7-22(12-32)10-17(22)33(14-4-5-14)21(35)28-11-13-3-6-15(9-16(13)24)37-23(25,26)27/h3,6,9,14,17H,2,4-5,7-8,10-12H2,1H3,(H,28,35)(H,29,30,31,34). The fourth-order valence-electron chi connectivity index (χ4n) is 5.14. The number of ether oxygens (including phenoxy) is 2. The Hall–Kier alpha value is -3.58. The van der Waals surface area contributed by atoms with Crippen molar-refractivity contribution in [2.45, 2.75) is 57.1 Å². The maximum atomic E-state index is 14.3. The van der Waals surface area contributed by atoms with Gasteiger partial charge in [-0.15, -0.1) is 18.2 Å². The van der Waals surface area contributed by atoms with Gasteiger partial charge in [-0.25, -0.2) is 14.0 Å². The Kier molecular flexibility index (Phi) is 6.36. The number of H-pyrrole nitrogens is 1. The minimum absolute atomic E-state index is 0.0186. The van der Waals surface area contributed by atoms with Crippen molar-refractivity contribution in [3.8, 4) is 11.8 Å². The molecule has 2 N–H and O–H groups in total. The molecule has 200 valence electrons. The minimum atomic E-state index is -4.92. The molecular formula is C23H26F4N6O4. The molecule has 3 fully saturated rings. The number of carbonyl (C=O) groups is 1. The summed E-state index contributed by atoms with van der Waals surface area (Å²) >= 11 is 0. The maximum absolute atomic E-state index is 14.3. The lowest BCUT2D eigenvalue weighted by Gasteiger charge is -2.36. The number of hydrogen-bond acceptors (Lipinski definition) is 7.